The van der Waals surface area contributed by atoms with Gasteiger partial charge in [-0.2, -0.15) is 4.31 Å². The van der Waals surface area contributed by atoms with E-state index in [9.17, 15) is 8.42 Å². The Morgan fingerprint density at radius 1 is 0.964 bits per heavy atom. The minimum Gasteiger partial charge on any atom is -0.345 e. The van der Waals surface area contributed by atoms with Crippen LogP contribution in [0.3, 0.4) is 0 Å². The van der Waals surface area contributed by atoms with E-state index >= 15 is 0 Å². The van der Waals surface area contributed by atoms with Gasteiger partial charge in [-0.3, -0.25) is 0 Å². The number of aryl methyl sites for hydroxylation is 1. The Kier molecular flexibility index (Phi) is 5.48. The second kappa shape index (κ2) is 8.03. The summed E-state index contributed by atoms with van der Waals surface area (Å²) in [6.07, 6.45) is 0.819. The molecular weight excluding hydrogens is 390 g/mol. The molecule has 2 aromatic carbocycles. The van der Waals surface area contributed by atoms with Gasteiger partial charge >= 0.3 is 0 Å². The maximum absolute atomic E-state index is 12.8. The van der Waals surface area contributed by atoms with Gasteiger partial charge in [0.15, 0.2) is 5.13 Å². The summed E-state index contributed by atoms with van der Waals surface area (Å²) in [5, 5.41) is 3.07. The summed E-state index contributed by atoms with van der Waals surface area (Å²) in [6, 6.07) is 17.4. The van der Waals surface area contributed by atoms with Crippen LogP contribution in [0.1, 0.15) is 16.8 Å². The zero-order valence-corrected chi connectivity index (χ0v) is 17.4. The van der Waals surface area contributed by atoms with Gasteiger partial charge in [0.25, 0.3) is 0 Å². The van der Waals surface area contributed by atoms with Crippen molar-refractivity contribution in [2.75, 3.05) is 31.1 Å². The Bertz CT molecular complexity index is 1020. The number of sulfonamides is 1. The third-order valence-corrected chi connectivity index (χ3v) is 7.80. The summed E-state index contributed by atoms with van der Waals surface area (Å²) in [4.78, 5) is 7.31. The summed E-state index contributed by atoms with van der Waals surface area (Å²) in [7, 11) is -3.43. The van der Waals surface area contributed by atoms with E-state index < -0.39 is 10.0 Å². The number of nitrogens with zero attached hydrogens (tertiary/aromatic N) is 3. The predicted octanol–water partition coefficient (Wildman–Crippen LogP) is 3.55. The molecule has 0 bridgehead atoms. The highest BCUT2D eigenvalue weighted by atomic mass is 32.2. The first kappa shape index (κ1) is 19.1. The first-order valence-corrected chi connectivity index (χ1v) is 11.6. The molecule has 1 aliphatic rings. The molecule has 0 amide bonds. The minimum atomic E-state index is -3.43. The molecule has 3 aromatic rings. The molecule has 0 spiro atoms. The Hall–Kier alpha value is -2.22. The molecule has 2 heterocycles. The second-order valence-corrected chi connectivity index (χ2v) is 9.76. The van der Waals surface area contributed by atoms with Crippen LogP contribution in [0.25, 0.3) is 0 Å². The third kappa shape index (κ3) is 4.11. The van der Waals surface area contributed by atoms with Crippen molar-refractivity contribution in [2.24, 2.45) is 0 Å². The third-order valence-electron chi connectivity index (χ3n) is 4.94. The van der Waals surface area contributed by atoms with E-state index in [1.54, 1.807) is 27.8 Å². The average molecular weight is 414 g/mol. The van der Waals surface area contributed by atoms with Crippen LogP contribution in [0.2, 0.25) is 0 Å². The maximum Gasteiger partial charge on any atom is 0.243 e. The Morgan fingerprint density at radius 3 is 2.32 bits per heavy atom. The first-order chi connectivity index (χ1) is 13.5. The lowest BCUT2D eigenvalue weighted by Crippen LogP contribution is -2.48. The summed E-state index contributed by atoms with van der Waals surface area (Å²) >= 11 is 1.63. The van der Waals surface area contributed by atoms with Crippen LogP contribution in [0, 0.1) is 6.92 Å². The van der Waals surface area contributed by atoms with Crippen molar-refractivity contribution in [2.45, 2.75) is 18.2 Å². The van der Waals surface area contributed by atoms with E-state index in [1.807, 2.05) is 37.3 Å². The molecule has 4 rings (SSSR count). The molecule has 5 nitrogen and oxygen atoms in total. The van der Waals surface area contributed by atoms with Gasteiger partial charge in [0, 0.05) is 38.0 Å². The van der Waals surface area contributed by atoms with E-state index in [-0.39, 0.29) is 0 Å². The summed E-state index contributed by atoms with van der Waals surface area (Å²) in [5.41, 5.74) is 3.35. The van der Waals surface area contributed by atoms with Gasteiger partial charge < -0.3 is 4.90 Å². The van der Waals surface area contributed by atoms with Crippen molar-refractivity contribution >= 4 is 26.5 Å². The van der Waals surface area contributed by atoms with Crippen molar-refractivity contribution in [3.05, 3.63) is 76.8 Å². The van der Waals surface area contributed by atoms with Crippen LogP contribution in [-0.4, -0.2) is 43.9 Å². The summed E-state index contributed by atoms with van der Waals surface area (Å²) in [6.45, 7) is 4.22. The molecular formula is C21H23N3O2S2. The van der Waals surface area contributed by atoms with E-state index in [4.69, 9.17) is 4.98 Å². The molecule has 1 saturated heterocycles. The van der Waals surface area contributed by atoms with E-state index in [0.29, 0.717) is 31.1 Å². The largest absolute Gasteiger partial charge is 0.345 e. The van der Waals surface area contributed by atoms with Crippen molar-refractivity contribution in [3.8, 4) is 0 Å². The average Bonchev–Trinajstić information content (AvgIpc) is 3.18. The monoisotopic (exact) mass is 413 g/mol. The fourth-order valence-electron chi connectivity index (χ4n) is 3.31. The number of thiazole rings is 1. The van der Waals surface area contributed by atoms with Crippen LogP contribution in [-0.2, 0) is 16.4 Å². The molecule has 146 valence electrons. The first-order valence-electron chi connectivity index (χ1n) is 9.32. The molecule has 0 atom stereocenters. The van der Waals surface area contributed by atoms with Gasteiger partial charge in [0.1, 0.15) is 0 Å². The number of rotatable bonds is 5. The van der Waals surface area contributed by atoms with Crippen LogP contribution in [0.4, 0.5) is 5.13 Å². The van der Waals surface area contributed by atoms with Gasteiger partial charge in [-0.05, 0) is 24.6 Å². The van der Waals surface area contributed by atoms with Crippen LogP contribution in [0.15, 0.2) is 64.9 Å². The lowest BCUT2D eigenvalue weighted by atomic mass is 10.1. The van der Waals surface area contributed by atoms with Crippen LogP contribution >= 0.6 is 11.3 Å². The van der Waals surface area contributed by atoms with Crippen molar-refractivity contribution in [1.29, 1.82) is 0 Å². The predicted molar refractivity (Wildman–Crippen MR) is 114 cm³/mol. The molecule has 0 unspecified atom stereocenters. The quantitative estimate of drug-likeness (QED) is 0.642. The van der Waals surface area contributed by atoms with E-state index in [2.05, 4.69) is 22.4 Å². The molecule has 1 aliphatic heterocycles. The second-order valence-electron chi connectivity index (χ2n) is 6.99. The Morgan fingerprint density at radius 2 is 1.64 bits per heavy atom. The molecule has 0 radical (unpaired) electrons. The molecule has 0 aliphatic carbocycles. The summed E-state index contributed by atoms with van der Waals surface area (Å²) in [5.74, 6) is 0. The number of piperazine rings is 1. The SMILES string of the molecule is Cc1ccc(S(=O)(=O)N2CCN(c3nc(Cc4ccccc4)cs3)CC2)cc1. The van der Waals surface area contributed by atoms with Gasteiger partial charge in [0.2, 0.25) is 10.0 Å². The van der Waals surface area contributed by atoms with Crippen LogP contribution in [0.5, 0.6) is 0 Å². The highest BCUT2D eigenvalue weighted by Crippen LogP contribution is 2.25. The number of benzene rings is 2. The normalized spacial score (nSPS) is 15.7. The molecule has 7 heteroatoms. The van der Waals surface area contributed by atoms with Gasteiger partial charge in [-0.15, -0.1) is 11.3 Å². The van der Waals surface area contributed by atoms with Crippen molar-refractivity contribution in [1.82, 2.24) is 9.29 Å². The minimum absolute atomic E-state index is 0.367. The van der Waals surface area contributed by atoms with Gasteiger partial charge in [0.05, 0.1) is 10.6 Å². The fourth-order valence-corrected chi connectivity index (χ4v) is 5.61. The molecule has 0 N–H and O–H groups in total. The lowest BCUT2D eigenvalue weighted by Gasteiger charge is -2.33. The van der Waals surface area contributed by atoms with Gasteiger partial charge in [-0.25, -0.2) is 13.4 Å². The molecule has 0 saturated carbocycles. The molecule has 1 aromatic heterocycles. The van der Waals surface area contributed by atoms with Crippen LogP contribution < -0.4 is 4.90 Å². The zero-order valence-electron chi connectivity index (χ0n) is 15.8. The Balaban J connectivity index is 1.40. The van der Waals surface area contributed by atoms with Crippen molar-refractivity contribution in [3.63, 3.8) is 0 Å². The number of hydrogen-bond acceptors (Lipinski definition) is 5. The Labute approximate surface area is 170 Å². The molecule has 28 heavy (non-hydrogen) atoms. The number of aromatic nitrogens is 1. The number of anilines is 1. The molecule has 1 fully saturated rings. The smallest absolute Gasteiger partial charge is 0.243 e. The van der Waals surface area contributed by atoms with E-state index in [1.165, 1.54) is 5.56 Å². The summed E-state index contributed by atoms with van der Waals surface area (Å²) < 4.78 is 27.3. The topological polar surface area (TPSA) is 53.5 Å². The highest BCUT2D eigenvalue weighted by molar-refractivity contribution is 7.89. The number of hydrogen-bond donors (Lipinski definition) is 0. The zero-order chi connectivity index (χ0) is 19.6. The fraction of sp³-hybridized carbons (Fsp3) is 0.286. The van der Waals surface area contributed by atoms with E-state index in [0.717, 1.165) is 22.8 Å². The lowest BCUT2D eigenvalue weighted by molar-refractivity contribution is 0.384. The highest BCUT2D eigenvalue weighted by Gasteiger charge is 2.29. The van der Waals surface area contributed by atoms with Crippen molar-refractivity contribution < 1.29 is 8.42 Å². The van der Waals surface area contributed by atoms with Gasteiger partial charge in [-0.1, -0.05) is 48.0 Å². The standard InChI is InChI=1S/C21H23N3O2S2/c1-17-7-9-20(10-8-17)28(25,26)24-13-11-23(12-14-24)21-22-19(16-27-21)15-18-5-3-2-4-6-18/h2-10,16H,11-15H2,1H3. The maximum atomic E-state index is 12.8.